The first-order valence-electron chi connectivity index (χ1n) is 7.50. The van der Waals surface area contributed by atoms with E-state index < -0.39 is 0 Å². The standard InChI is InChI=1S/C15H29NO2/c1-5-14(3)12(10-13(14)18-6-2)16-11-15(17-4)8-7-9-15/h12-13,16H,5-11H2,1-4H3. The number of nitrogens with one attached hydrogen (secondary N) is 1. The van der Waals surface area contributed by atoms with Crippen molar-refractivity contribution in [1.29, 1.82) is 0 Å². The minimum absolute atomic E-state index is 0.130. The number of hydrogen-bond acceptors (Lipinski definition) is 3. The molecule has 0 amide bonds. The van der Waals surface area contributed by atoms with E-state index in [9.17, 15) is 0 Å². The van der Waals surface area contributed by atoms with E-state index in [0.717, 1.165) is 19.6 Å². The van der Waals surface area contributed by atoms with E-state index >= 15 is 0 Å². The normalized spacial score (nSPS) is 38.0. The Labute approximate surface area is 112 Å². The Morgan fingerprint density at radius 2 is 2.00 bits per heavy atom. The van der Waals surface area contributed by atoms with Crippen LogP contribution in [0.25, 0.3) is 0 Å². The molecule has 0 aromatic rings. The zero-order valence-corrected chi connectivity index (χ0v) is 12.4. The third kappa shape index (κ3) is 2.33. The van der Waals surface area contributed by atoms with Crippen molar-refractivity contribution >= 4 is 0 Å². The SMILES string of the molecule is CCOC1CC(NCC2(OC)CCC2)C1(C)CC. The van der Waals surface area contributed by atoms with Crippen LogP contribution in [0.4, 0.5) is 0 Å². The van der Waals surface area contributed by atoms with Crippen LogP contribution in [0.5, 0.6) is 0 Å². The molecule has 0 aromatic carbocycles. The quantitative estimate of drug-likeness (QED) is 0.759. The van der Waals surface area contributed by atoms with E-state index in [-0.39, 0.29) is 5.60 Å². The highest BCUT2D eigenvalue weighted by Crippen LogP contribution is 2.46. The summed E-state index contributed by atoms with van der Waals surface area (Å²) in [6.07, 6.45) is 6.49. The molecular weight excluding hydrogens is 226 g/mol. The van der Waals surface area contributed by atoms with E-state index in [1.54, 1.807) is 0 Å². The second kappa shape index (κ2) is 5.48. The average molecular weight is 255 g/mol. The number of methoxy groups -OCH3 is 1. The molecule has 2 aliphatic rings. The van der Waals surface area contributed by atoms with Gasteiger partial charge in [0, 0.05) is 31.7 Å². The summed E-state index contributed by atoms with van der Waals surface area (Å²) >= 11 is 0. The highest BCUT2D eigenvalue weighted by atomic mass is 16.5. The Balaban J connectivity index is 1.83. The van der Waals surface area contributed by atoms with Crippen molar-refractivity contribution < 1.29 is 9.47 Å². The lowest BCUT2D eigenvalue weighted by molar-refractivity contribution is -0.135. The topological polar surface area (TPSA) is 30.5 Å². The summed E-state index contributed by atoms with van der Waals surface area (Å²) in [6.45, 7) is 8.55. The van der Waals surface area contributed by atoms with Crippen LogP contribution in [0.15, 0.2) is 0 Å². The van der Waals surface area contributed by atoms with Gasteiger partial charge in [0.15, 0.2) is 0 Å². The smallest absolute Gasteiger partial charge is 0.0802 e. The molecule has 3 atom stereocenters. The van der Waals surface area contributed by atoms with Gasteiger partial charge in [-0.3, -0.25) is 0 Å². The lowest BCUT2D eigenvalue weighted by Crippen LogP contribution is -2.64. The molecule has 2 rings (SSSR count). The molecule has 0 heterocycles. The molecule has 2 fully saturated rings. The highest BCUT2D eigenvalue weighted by Gasteiger charge is 2.51. The van der Waals surface area contributed by atoms with Crippen molar-refractivity contribution in [3.8, 4) is 0 Å². The maximum atomic E-state index is 5.84. The van der Waals surface area contributed by atoms with E-state index in [2.05, 4.69) is 26.1 Å². The van der Waals surface area contributed by atoms with Crippen LogP contribution < -0.4 is 5.32 Å². The Bertz CT molecular complexity index is 272. The van der Waals surface area contributed by atoms with Crippen molar-refractivity contribution in [3.05, 3.63) is 0 Å². The third-order valence-electron chi connectivity index (χ3n) is 5.48. The van der Waals surface area contributed by atoms with Gasteiger partial charge in [0.05, 0.1) is 11.7 Å². The summed E-state index contributed by atoms with van der Waals surface area (Å²) < 4.78 is 11.5. The predicted molar refractivity (Wildman–Crippen MR) is 73.8 cm³/mol. The number of hydrogen-bond donors (Lipinski definition) is 1. The second-order valence-corrected chi connectivity index (χ2v) is 6.21. The Kier molecular flexibility index (Phi) is 4.35. The first kappa shape index (κ1) is 14.3. The van der Waals surface area contributed by atoms with Gasteiger partial charge in [0.2, 0.25) is 0 Å². The molecule has 0 spiro atoms. The molecular formula is C15H29NO2. The lowest BCUT2D eigenvalue weighted by atomic mass is 9.61. The van der Waals surface area contributed by atoms with Gasteiger partial charge in [0.25, 0.3) is 0 Å². The van der Waals surface area contributed by atoms with Gasteiger partial charge in [-0.15, -0.1) is 0 Å². The van der Waals surface area contributed by atoms with Crippen LogP contribution >= 0.6 is 0 Å². The summed E-state index contributed by atoms with van der Waals surface area (Å²) in [4.78, 5) is 0. The number of rotatable bonds is 7. The molecule has 2 saturated carbocycles. The predicted octanol–water partition coefficient (Wildman–Crippen LogP) is 2.74. The van der Waals surface area contributed by atoms with Gasteiger partial charge < -0.3 is 14.8 Å². The van der Waals surface area contributed by atoms with Crippen LogP contribution in [0, 0.1) is 5.41 Å². The Morgan fingerprint density at radius 3 is 2.44 bits per heavy atom. The van der Waals surface area contributed by atoms with Gasteiger partial charge in [0.1, 0.15) is 0 Å². The summed E-state index contributed by atoms with van der Waals surface area (Å²) in [5, 5.41) is 3.74. The van der Waals surface area contributed by atoms with Gasteiger partial charge in [-0.1, -0.05) is 13.8 Å². The van der Waals surface area contributed by atoms with E-state index in [1.807, 2.05) is 7.11 Å². The van der Waals surface area contributed by atoms with Crippen molar-refractivity contribution in [3.63, 3.8) is 0 Å². The summed E-state index contributed by atoms with van der Waals surface area (Å²) in [6, 6.07) is 0.590. The van der Waals surface area contributed by atoms with Crippen molar-refractivity contribution in [2.24, 2.45) is 5.41 Å². The van der Waals surface area contributed by atoms with E-state index in [4.69, 9.17) is 9.47 Å². The minimum Gasteiger partial charge on any atom is -0.378 e. The minimum atomic E-state index is 0.130. The molecule has 0 saturated heterocycles. The molecule has 0 radical (unpaired) electrons. The first-order chi connectivity index (χ1) is 8.60. The highest BCUT2D eigenvalue weighted by molar-refractivity contribution is 5.06. The molecule has 3 unspecified atom stereocenters. The van der Waals surface area contributed by atoms with E-state index in [1.165, 1.54) is 25.7 Å². The zero-order valence-electron chi connectivity index (χ0n) is 12.4. The van der Waals surface area contributed by atoms with Gasteiger partial charge in [-0.2, -0.15) is 0 Å². The van der Waals surface area contributed by atoms with Crippen molar-refractivity contribution in [1.82, 2.24) is 5.32 Å². The maximum Gasteiger partial charge on any atom is 0.0802 e. The van der Waals surface area contributed by atoms with Gasteiger partial charge >= 0.3 is 0 Å². The lowest BCUT2D eigenvalue weighted by Gasteiger charge is -2.55. The maximum absolute atomic E-state index is 5.84. The second-order valence-electron chi connectivity index (χ2n) is 6.21. The molecule has 1 N–H and O–H groups in total. The fourth-order valence-electron chi connectivity index (χ4n) is 3.40. The van der Waals surface area contributed by atoms with E-state index in [0.29, 0.717) is 17.6 Å². The van der Waals surface area contributed by atoms with Crippen LogP contribution in [-0.2, 0) is 9.47 Å². The number of ether oxygens (including phenoxy) is 2. The van der Waals surface area contributed by atoms with Crippen LogP contribution in [-0.4, -0.2) is 38.0 Å². The first-order valence-corrected chi connectivity index (χ1v) is 7.50. The van der Waals surface area contributed by atoms with Gasteiger partial charge in [-0.05, 0) is 39.0 Å². The summed E-state index contributed by atoms with van der Waals surface area (Å²) in [7, 11) is 1.85. The molecule has 0 aromatic heterocycles. The van der Waals surface area contributed by atoms with Crippen LogP contribution in [0.2, 0.25) is 0 Å². The Morgan fingerprint density at radius 1 is 1.28 bits per heavy atom. The zero-order chi connectivity index (χ0) is 13.2. The molecule has 106 valence electrons. The van der Waals surface area contributed by atoms with Crippen molar-refractivity contribution in [2.45, 2.75) is 70.6 Å². The fourth-order valence-corrected chi connectivity index (χ4v) is 3.40. The Hall–Kier alpha value is -0.120. The van der Waals surface area contributed by atoms with Crippen LogP contribution in [0.1, 0.15) is 52.9 Å². The molecule has 3 nitrogen and oxygen atoms in total. The summed E-state index contributed by atoms with van der Waals surface area (Å²) in [5.74, 6) is 0. The fraction of sp³-hybridized carbons (Fsp3) is 1.00. The molecule has 3 heteroatoms. The van der Waals surface area contributed by atoms with Crippen LogP contribution in [0.3, 0.4) is 0 Å². The molecule has 18 heavy (non-hydrogen) atoms. The summed E-state index contributed by atoms with van der Waals surface area (Å²) in [5.41, 5.74) is 0.431. The third-order valence-corrected chi connectivity index (χ3v) is 5.48. The molecule has 0 bridgehead atoms. The average Bonchev–Trinajstić information content (AvgIpc) is 2.34. The molecule has 2 aliphatic carbocycles. The van der Waals surface area contributed by atoms with Crippen molar-refractivity contribution in [2.75, 3.05) is 20.3 Å². The monoisotopic (exact) mass is 255 g/mol. The largest absolute Gasteiger partial charge is 0.378 e. The molecule has 0 aliphatic heterocycles. The van der Waals surface area contributed by atoms with Gasteiger partial charge in [-0.25, -0.2) is 0 Å².